The molecule has 3 atom stereocenters. The average molecular weight is 347 g/mol. The van der Waals surface area contributed by atoms with Crippen molar-refractivity contribution in [2.45, 2.75) is 44.1 Å². The van der Waals surface area contributed by atoms with Gasteiger partial charge in [0.25, 0.3) is 0 Å². The first-order valence-corrected chi connectivity index (χ1v) is 9.57. The van der Waals surface area contributed by atoms with Crippen molar-refractivity contribution in [3.8, 4) is 10.6 Å². The molecule has 6 heteroatoms. The highest BCUT2D eigenvalue weighted by molar-refractivity contribution is 7.13. The molecule has 2 aliphatic rings. The molecule has 0 unspecified atom stereocenters. The van der Waals surface area contributed by atoms with Gasteiger partial charge < -0.3 is 9.47 Å². The van der Waals surface area contributed by atoms with Crippen molar-refractivity contribution >= 4 is 11.3 Å². The zero-order valence-electron chi connectivity index (χ0n) is 14.4. The summed E-state index contributed by atoms with van der Waals surface area (Å²) in [4.78, 5) is 3.82. The number of rotatable bonds is 4. The van der Waals surface area contributed by atoms with Crippen molar-refractivity contribution in [3.63, 3.8) is 0 Å². The molecule has 2 fully saturated rings. The van der Waals surface area contributed by atoms with Crippen LogP contribution in [0, 0.1) is 0 Å². The summed E-state index contributed by atoms with van der Waals surface area (Å²) in [7, 11) is 3.83. The van der Waals surface area contributed by atoms with Crippen LogP contribution in [0.25, 0.3) is 10.6 Å². The minimum atomic E-state index is 0.354. The summed E-state index contributed by atoms with van der Waals surface area (Å²) < 4.78 is 13.6. The lowest BCUT2D eigenvalue weighted by atomic mass is 9.87. The molecule has 0 amide bonds. The third kappa shape index (κ3) is 3.16. The molecule has 0 radical (unpaired) electrons. The summed E-state index contributed by atoms with van der Waals surface area (Å²) in [6, 6.07) is 4.70. The zero-order valence-corrected chi connectivity index (χ0v) is 15.2. The molecule has 0 bridgehead atoms. The van der Waals surface area contributed by atoms with E-state index < -0.39 is 0 Å². The Morgan fingerprint density at radius 2 is 2.33 bits per heavy atom. The number of nitrogens with zero attached hydrogens (tertiary/aromatic N) is 3. The Morgan fingerprint density at radius 3 is 3.12 bits per heavy atom. The van der Waals surface area contributed by atoms with Gasteiger partial charge in [0.1, 0.15) is 5.69 Å². The molecular formula is C18H25N3O2S. The predicted octanol–water partition coefficient (Wildman–Crippen LogP) is 2.92. The maximum Gasteiger partial charge on any atom is 0.107 e. The van der Waals surface area contributed by atoms with Crippen molar-refractivity contribution in [1.29, 1.82) is 0 Å². The number of fused-ring (bicyclic) bond motifs is 1. The van der Waals surface area contributed by atoms with Gasteiger partial charge in [-0.25, -0.2) is 0 Å². The summed E-state index contributed by atoms with van der Waals surface area (Å²) in [5, 5.41) is 6.81. The molecule has 2 aromatic rings. The van der Waals surface area contributed by atoms with Crippen LogP contribution in [0.3, 0.4) is 0 Å². The molecule has 5 nitrogen and oxygen atoms in total. The highest BCUT2D eigenvalue weighted by atomic mass is 32.1. The van der Waals surface area contributed by atoms with Gasteiger partial charge in [-0.1, -0.05) is 6.07 Å². The Morgan fingerprint density at radius 1 is 1.42 bits per heavy atom. The molecule has 24 heavy (non-hydrogen) atoms. The second-order valence-corrected chi connectivity index (χ2v) is 7.72. The molecule has 1 aliphatic heterocycles. The third-order valence-corrected chi connectivity index (χ3v) is 6.13. The summed E-state index contributed by atoms with van der Waals surface area (Å²) in [5.74, 6) is 0. The summed E-state index contributed by atoms with van der Waals surface area (Å²) in [5.41, 5.74) is 2.43. The van der Waals surface area contributed by atoms with Crippen molar-refractivity contribution in [2.24, 2.45) is 7.05 Å². The monoisotopic (exact) mass is 347 g/mol. The van der Waals surface area contributed by atoms with Gasteiger partial charge in [-0.3, -0.25) is 9.58 Å². The molecule has 0 spiro atoms. The number of hydrogen-bond acceptors (Lipinski definition) is 5. The van der Waals surface area contributed by atoms with Gasteiger partial charge in [-0.15, -0.1) is 11.3 Å². The number of thiophene rings is 1. The number of aromatic nitrogens is 2. The number of hydrogen-bond donors (Lipinski definition) is 0. The zero-order chi connectivity index (χ0) is 16.5. The summed E-state index contributed by atoms with van der Waals surface area (Å²) in [6.45, 7) is 2.74. The Labute approximate surface area is 147 Å². The van der Waals surface area contributed by atoms with E-state index in [-0.39, 0.29) is 0 Å². The molecule has 2 aromatic heterocycles. The molecule has 130 valence electrons. The van der Waals surface area contributed by atoms with Crippen LogP contribution in [0.15, 0.2) is 23.7 Å². The molecule has 3 heterocycles. The van der Waals surface area contributed by atoms with E-state index in [1.54, 1.807) is 11.3 Å². The van der Waals surface area contributed by atoms with Crippen LogP contribution in [0.1, 0.15) is 24.8 Å². The number of methoxy groups -OCH3 is 1. The van der Waals surface area contributed by atoms with Gasteiger partial charge >= 0.3 is 0 Å². The molecule has 1 saturated heterocycles. The summed E-state index contributed by atoms with van der Waals surface area (Å²) >= 11 is 1.75. The topological polar surface area (TPSA) is 39.5 Å². The SMILES string of the molecule is CO[C@@H]1CC[C@H]2OCCN(Cc3cn(C)nc3-c3cccs3)[C@@H]2C1. The fourth-order valence-corrected chi connectivity index (χ4v) is 4.79. The minimum absolute atomic E-state index is 0.354. The first-order chi connectivity index (χ1) is 11.7. The van der Waals surface area contributed by atoms with E-state index in [0.29, 0.717) is 18.2 Å². The van der Waals surface area contributed by atoms with Gasteiger partial charge in [0.15, 0.2) is 0 Å². The smallest absolute Gasteiger partial charge is 0.107 e. The largest absolute Gasteiger partial charge is 0.381 e. The Kier molecular flexibility index (Phi) is 4.72. The van der Waals surface area contributed by atoms with E-state index in [1.165, 1.54) is 10.4 Å². The predicted molar refractivity (Wildman–Crippen MR) is 95.1 cm³/mol. The highest BCUT2D eigenvalue weighted by Gasteiger charge is 2.38. The van der Waals surface area contributed by atoms with Crippen molar-refractivity contribution < 1.29 is 9.47 Å². The lowest BCUT2D eigenvalue weighted by Gasteiger charge is -2.45. The van der Waals surface area contributed by atoms with Crippen LogP contribution < -0.4 is 0 Å². The van der Waals surface area contributed by atoms with E-state index >= 15 is 0 Å². The first-order valence-electron chi connectivity index (χ1n) is 8.69. The van der Waals surface area contributed by atoms with E-state index in [0.717, 1.165) is 44.7 Å². The molecule has 4 rings (SSSR count). The maximum atomic E-state index is 6.03. The normalized spacial score (nSPS) is 28.0. The molecule has 0 aromatic carbocycles. The van der Waals surface area contributed by atoms with E-state index in [2.05, 4.69) is 28.6 Å². The van der Waals surface area contributed by atoms with E-state index in [1.807, 2.05) is 18.8 Å². The Bertz CT molecular complexity index is 670. The minimum Gasteiger partial charge on any atom is -0.381 e. The van der Waals surface area contributed by atoms with E-state index in [9.17, 15) is 0 Å². The second kappa shape index (κ2) is 6.96. The van der Waals surface area contributed by atoms with Crippen LogP contribution in [-0.2, 0) is 23.1 Å². The highest BCUT2D eigenvalue weighted by Crippen LogP contribution is 2.33. The van der Waals surface area contributed by atoms with Gasteiger partial charge in [0.05, 0.1) is 23.7 Å². The average Bonchev–Trinajstić information content (AvgIpc) is 3.24. The van der Waals surface area contributed by atoms with Gasteiger partial charge in [-0.05, 0) is 30.7 Å². The van der Waals surface area contributed by atoms with Crippen LogP contribution in [0.5, 0.6) is 0 Å². The van der Waals surface area contributed by atoms with Crippen molar-refractivity contribution in [3.05, 3.63) is 29.3 Å². The molecule has 1 saturated carbocycles. The quantitative estimate of drug-likeness (QED) is 0.853. The van der Waals surface area contributed by atoms with Crippen LogP contribution in [-0.4, -0.2) is 53.2 Å². The van der Waals surface area contributed by atoms with Gasteiger partial charge in [-0.2, -0.15) is 5.10 Å². The van der Waals surface area contributed by atoms with Crippen LogP contribution >= 0.6 is 11.3 Å². The lowest BCUT2D eigenvalue weighted by molar-refractivity contribution is -0.116. The standard InChI is InChI=1S/C18H25N3O2S/c1-20-11-13(18(19-20)17-4-3-9-24-17)12-21-7-8-23-16-6-5-14(22-2)10-15(16)21/h3-4,9,11,14-16H,5-8,10,12H2,1-2H3/t14-,15-,16-/m1/s1. The van der Waals surface area contributed by atoms with Crippen LogP contribution in [0.4, 0.5) is 0 Å². The van der Waals surface area contributed by atoms with Crippen molar-refractivity contribution in [2.75, 3.05) is 20.3 Å². The van der Waals surface area contributed by atoms with Gasteiger partial charge in [0, 0.05) is 45.0 Å². The second-order valence-electron chi connectivity index (χ2n) is 6.77. The van der Waals surface area contributed by atoms with E-state index in [4.69, 9.17) is 14.6 Å². The number of morpholine rings is 1. The molecule has 0 N–H and O–H groups in total. The van der Waals surface area contributed by atoms with Crippen molar-refractivity contribution in [1.82, 2.24) is 14.7 Å². The maximum absolute atomic E-state index is 6.03. The number of ether oxygens (including phenoxy) is 2. The number of aryl methyl sites for hydroxylation is 1. The van der Waals surface area contributed by atoms with Gasteiger partial charge in [0.2, 0.25) is 0 Å². The fourth-order valence-electron chi connectivity index (χ4n) is 4.05. The van der Waals surface area contributed by atoms with Crippen LogP contribution in [0.2, 0.25) is 0 Å². The first kappa shape index (κ1) is 16.3. The lowest BCUT2D eigenvalue weighted by Crippen LogP contribution is -2.54. The molecular weight excluding hydrogens is 322 g/mol. The summed E-state index contributed by atoms with van der Waals surface area (Å²) in [6.07, 6.45) is 6.16. The third-order valence-electron chi connectivity index (χ3n) is 5.25. The molecule has 1 aliphatic carbocycles. The Balaban J connectivity index is 1.56. The fraction of sp³-hybridized carbons (Fsp3) is 0.611. The Hall–Kier alpha value is -1.21.